The van der Waals surface area contributed by atoms with Crippen LogP contribution in [-0.4, -0.2) is 15.1 Å². The van der Waals surface area contributed by atoms with Crippen LogP contribution in [0, 0.1) is 6.92 Å². The van der Waals surface area contributed by atoms with Gasteiger partial charge in [-0.1, -0.05) is 6.07 Å². The fourth-order valence-corrected chi connectivity index (χ4v) is 1.71. The third kappa shape index (κ3) is 2.44. The molecule has 16 heavy (non-hydrogen) atoms. The number of rotatable bonds is 3. The van der Waals surface area contributed by atoms with E-state index >= 15 is 0 Å². The largest absolute Gasteiger partial charge is 0.388 e. The second-order valence-electron chi connectivity index (χ2n) is 3.81. The summed E-state index contributed by atoms with van der Waals surface area (Å²) in [6.07, 6.45) is 7.06. The first kappa shape index (κ1) is 10.8. The molecule has 0 radical (unpaired) electrons. The van der Waals surface area contributed by atoms with Gasteiger partial charge in [0.05, 0.1) is 6.10 Å². The predicted octanol–water partition coefficient (Wildman–Crippen LogP) is 2.06. The Bertz CT molecular complexity index is 456. The summed E-state index contributed by atoms with van der Waals surface area (Å²) >= 11 is 0. The second-order valence-corrected chi connectivity index (χ2v) is 3.81. The molecule has 0 saturated carbocycles. The van der Waals surface area contributed by atoms with Crippen molar-refractivity contribution in [2.24, 2.45) is 0 Å². The van der Waals surface area contributed by atoms with E-state index in [1.165, 1.54) is 0 Å². The van der Waals surface area contributed by atoms with E-state index in [1.54, 1.807) is 24.8 Å². The van der Waals surface area contributed by atoms with E-state index in [2.05, 4.69) is 9.97 Å². The normalized spacial score (nSPS) is 12.4. The summed E-state index contributed by atoms with van der Waals surface area (Å²) in [6.45, 7) is 1.95. The summed E-state index contributed by atoms with van der Waals surface area (Å²) in [5, 5.41) is 10.1. The molecule has 0 aliphatic heterocycles. The van der Waals surface area contributed by atoms with Crippen LogP contribution in [0.1, 0.15) is 22.8 Å². The Kier molecular flexibility index (Phi) is 3.27. The molecule has 0 saturated heterocycles. The monoisotopic (exact) mass is 214 g/mol. The summed E-state index contributed by atoms with van der Waals surface area (Å²) in [6, 6.07) is 5.70. The zero-order valence-electron chi connectivity index (χ0n) is 9.17. The molecule has 82 valence electrons. The fourth-order valence-electron chi connectivity index (χ4n) is 1.71. The maximum Gasteiger partial charge on any atom is 0.0834 e. The number of aryl methyl sites for hydroxylation is 1. The van der Waals surface area contributed by atoms with Gasteiger partial charge < -0.3 is 5.11 Å². The molecule has 0 aromatic carbocycles. The van der Waals surface area contributed by atoms with E-state index in [0.717, 1.165) is 16.7 Å². The van der Waals surface area contributed by atoms with Crippen molar-refractivity contribution >= 4 is 0 Å². The second kappa shape index (κ2) is 4.86. The Balaban J connectivity index is 2.15. The third-order valence-corrected chi connectivity index (χ3v) is 2.57. The van der Waals surface area contributed by atoms with Crippen LogP contribution in [0.25, 0.3) is 0 Å². The molecule has 0 amide bonds. The quantitative estimate of drug-likeness (QED) is 0.850. The molecule has 0 bridgehead atoms. The number of aliphatic hydroxyl groups is 1. The molecular weight excluding hydrogens is 200 g/mol. The smallest absolute Gasteiger partial charge is 0.0834 e. The van der Waals surface area contributed by atoms with Crippen molar-refractivity contribution in [3.05, 3.63) is 59.7 Å². The average Bonchev–Trinajstić information content (AvgIpc) is 2.31. The lowest BCUT2D eigenvalue weighted by atomic mass is 10.0. The number of hydrogen-bond acceptors (Lipinski definition) is 3. The highest BCUT2D eigenvalue weighted by Gasteiger charge is 2.10. The minimum absolute atomic E-state index is 0.493. The Labute approximate surface area is 94.8 Å². The lowest BCUT2D eigenvalue weighted by molar-refractivity contribution is 0.177. The molecule has 2 rings (SSSR count). The Hall–Kier alpha value is -1.74. The lowest BCUT2D eigenvalue weighted by Crippen LogP contribution is -2.04. The van der Waals surface area contributed by atoms with Gasteiger partial charge in [-0.15, -0.1) is 0 Å². The molecule has 1 N–H and O–H groups in total. The van der Waals surface area contributed by atoms with Gasteiger partial charge in [0, 0.05) is 31.2 Å². The molecule has 3 heteroatoms. The van der Waals surface area contributed by atoms with Gasteiger partial charge in [-0.25, -0.2) is 0 Å². The van der Waals surface area contributed by atoms with Gasteiger partial charge >= 0.3 is 0 Å². The molecule has 2 aromatic heterocycles. The predicted molar refractivity (Wildman–Crippen MR) is 61.9 cm³/mol. The van der Waals surface area contributed by atoms with Crippen LogP contribution in [-0.2, 0) is 6.42 Å². The standard InChI is InChI=1S/C13H14N2O/c1-10-8-15-6-4-12(10)13(16)7-11-3-2-5-14-9-11/h2-6,8-9,13,16H,7H2,1H3. The van der Waals surface area contributed by atoms with E-state index in [1.807, 2.05) is 25.1 Å². The Morgan fingerprint density at radius 3 is 2.69 bits per heavy atom. The van der Waals surface area contributed by atoms with Crippen LogP contribution in [0.4, 0.5) is 0 Å². The van der Waals surface area contributed by atoms with Gasteiger partial charge in [-0.05, 0) is 35.7 Å². The number of hydrogen-bond donors (Lipinski definition) is 1. The van der Waals surface area contributed by atoms with E-state index < -0.39 is 6.10 Å². The molecule has 1 unspecified atom stereocenters. The first-order valence-corrected chi connectivity index (χ1v) is 5.25. The lowest BCUT2D eigenvalue weighted by Gasteiger charge is -2.12. The highest BCUT2D eigenvalue weighted by atomic mass is 16.3. The van der Waals surface area contributed by atoms with Crippen LogP contribution in [0.2, 0.25) is 0 Å². The summed E-state index contributed by atoms with van der Waals surface area (Å²) < 4.78 is 0. The van der Waals surface area contributed by atoms with Crippen LogP contribution in [0.3, 0.4) is 0 Å². The van der Waals surface area contributed by atoms with Crippen molar-refractivity contribution in [3.63, 3.8) is 0 Å². The number of aliphatic hydroxyl groups excluding tert-OH is 1. The number of pyridine rings is 2. The third-order valence-electron chi connectivity index (χ3n) is 2.57. The minimum atomic E-state index is -0.493. The van der Waals surface area contributed by atoms with Crippen molar-refractivity contribution in [1.29, 1.82) is 0 Å². The van der Waals surface area contributed by atoms with Crippen molar-refractivity contribution < 1.29 is 5.11 Å². The van der Waals surface area contributed by atoms with E-state index in [0.29, 0.717) is 6.42 Å². The molecule has 2 aromatic rings. The summed E-state index contributed by atoms with van der Waals surface area (Å²) in [4.78, 5) is 8.04. The van der Waals surface area contributed by atoms with Gasteiger partial charge in [0.2, 0.25) is 0 Å². The molecule has 3 nitrogen and oxygen atoms in total. The van der Waals surface area contributed by atoms with Gasteiger partial charge in [0.1, 0.15) is 0 Å². The van der Waals surface area contributed by atoms with Crippen molar-refractivity contribution in [2.45, 2.75) is 19.4 Å². The van der Waals surface area contributed by atoms with Crippen molar-refractivity contribution in [3.8, 4) is 0 Å². The fraction of sp³-hybridized carbons (Fsp3) is 0.231. The first-order chi connectivity index (χ1) is 7.77. The molecule has 2 heterocycles. The van der Waals surface area contributed by atoms with Crippen LogP contribution >= 0.6 is 0 Å². The van der Waals surface area contributed by atoms with Gasteiger partial charge in [0.25, 0.3) is 0 Å². The van der Waals surface area contributed by atoms with Gasteiger partial charge in [0.15, 0.2) is 0 Å². The highest BCUT2D eigenvalue weighted by molar-refractivity contribution is 5.25. The Morgan fingerprint density at radius 2 is 2.00 bits per heavy atom. The van der Waals surface area contributed by atoms with Crippen molar-refractivity contribution in [2.75, 3.05) is 0 Å². The molecule has 0 aliphatic carbocycles. The molecule has 0 fully saturated rings. The summed E-state index contributed by atoms with van der Waals surface area (Å²) in [5.74, 6) is 0. The first-order valence-electron chi connectivity index (χ1n) is 5.25. The summed E-state index contributed by atoms with van der Waals surface area (Å²) in [7, 11) is 0. The van der Waals surface area contributed by atoms with E-state index in [-0.39, 0.29) is 0 Å². The molecular formula is C13H14N2O. The van der Waals surface area contributed by atoms with E-state index in [4.69, 9.17) is 0 Å². The van der Waals surface area contributed by atoms with Gasteiger partial charge in [-0.2, -0.15) is 0 Å². The molecule has 0 aliphatic rings. The number of nitrogens with zero attached hydrogens (tertiary/aromatic N) is 2. The van der Waals surface area contributed by atoms with E-state index in [9.17, 15) is 5.11 Å². The van der Waals surface area contributed by atoms with Crippen LogP contribution in [0.5, 0.6) is 0 Å². The number of aromatic nitrogens is 2. The molecule has 0 spiro atoms. The maximum atomic E-state index is 10.1. The minimum Gasteiger partial charge on any atom is -0.388 e. The van der Waals surface area contributed by atoms with Crippen LogP contribution < -0.4 is 0 Å². The zero-order chi connectivity index (χ0) is 11.4. The molecule has 1 atom stereocenters. The maximum absolute atomic E-state index is 10.1. The SMILES string of the molecule is Cc1cnccc1C(O)Cc1cccnc1. The van der Waals surface area contributed by atoms with Gasteiger partial charge in [-0.3, -0.25) is 9.97 Å². The zero-order valence-corrected chi connectivity index (χ0v) is 9.17. The van der Waals surface area contributed by atoms with Crippen LogP contribution in [0.15, 0.2) is 43.0 Å². The highest BCUT2D eigenvalue weighted by Crippen LogP contribution is 2.20. The summed E-state index contributed by atoms with van der Waals surface area (Å²) in [5.41, 5.74) is 2.98. The average molecular weight is 214 g/mol. The Morgan fingerprint density at radius 1 is 1.19 bits per heavy atom. The topological polar surface area (TPSA) is 46.0 Å². The van der Waals surface area contributed by atoms with Crippen molar-refractivity contribution in [1.82, 2.24) is 9.97 Å².